The summed E-state index contributed by atoms with van der Waals surface area (Å²) >= 11 is 1.74. The third-order valence-electron chi connectivity index (χ3n) is 2.68. The Kier molecular flexibility index (Phi) is 3.43. The van der Waals surface area contributed by atoms with Crippen molar-refractivity contribution in [3.8, 4) is 0 Å². The molecule has 76 valence electrons. The van der Waals surface area contributed by atoms with E-state index >= 15 is 0 Å². The summed E-state index contributed by atoms with van der Waals surface area (Å²) in [6, 6.07) is 4.76. The second-order valence-corrected chi connectivity index (χ2v) is 4.40. The van der Waals surface area contributed by atoms with Gasteiger partial charge in [-0.3, -0.25) is 0 Å². The van der Waals surface area contributed by atoms with Crippen LogP contribution in [-0.2, 0) is 0 Å². The van der Waals surface area contributed by atoms with Gasteiger partial charge >= 0.3 is 0 Å². The molecule has 1 atom stereocenters. The molecule has 1 N–H and O–H groups in total. The highest BCUT2D eigenvalue weighted by Gasteiger charge is 2.17. The van der Waals surface area contributed by atoms with E-state index in [1.807, 2.05) is 12.3 Å². The van der Waals surface area contributed by atoms with E-state index in [0.717, 1.165) is 6.54 Å². The SMILES string of the molecule is CSc1ncccc1[C@H]1CCCCN1. The van der Waals surface area contributed by atoms with Gasteiger partial charge in [-0.15, -0.1) is 11.8 Å². The first kappa shape index (κ1) is 9.99. The van der Waals surface area contributed by atoms with Gasteiger partial charge < -0.3 is 5.32 Å². The molecule has 2 nitrogen and oxygen atoms in total. The number of pyridine rings is 1. The lowest BCUT2D eigenvalue weighted by atomic mass is 9.99. The minimum Gasteiger partial charge on any atom is -0.310 e. The molecule has 1 aromatic heterocycles. The summed E-state index contributed by atoms with van der Waals surface area (Å²) in [7, 11) is 0. The third kappa shape index (κ3) is 2.10. The van der Waals surface area contributed by atoms with E-state index in [-0.39, 0.29) is 0 Å². The quantitative estimate of drug-likeness (QED) is 0.756. The van der Waals surface area contributed by atoms with Gasteiger partial charge in [-0.25, -0.2) is 4.98 Å². The van der Waals surface area contributed by atoms with Crippen LogP contribution in [0.4, 0.5) is 0 Å². The molecule has 1 fully saturated rings. The highest BCUT2D eigenvalue weighted by atomic mass is 32.2. The third-order valence-corrected chi connectivity index (χ3v) is 3.41. The Morgan fingerprint density at radius 3 is 3.14 bits per heavy atom. The van der Waals surface area contributed by atoms with Crippen molar-refractivity contribution in [3.05, 3.63) is 23.9 Å². The zero-order valence-electron chi connectivity index (χ0n) is 8.49. The number of piperidine rings is 1. The monoisotopic (exact) mass is 208 g/mol. The Morgan fingerprint density at radius 2 is 2.43 bits per heavy atom. The number of hydrogen-bond donors (Lipinski definition) is 1. The Bertz CT molecular complexity index is 295. The van der Waals surface area contributed by atoms with E-state index in [4.69, 9.17) is 0 Å². The van der Waals surface area contributed by atoms with Crippen LogP contribution in [-0.4, -0.2) is 17.8 Å². The largest absolute Gasteiger partial charge is 0.310 e. The van der Waals surface area contributed by atoms with Crippen LogP contribution in [0.3, 0.4) is 0 Å². The second kappa shape index (κ2) is 4.80. The molecule has 2 rings (SSSR count). The molecule has 0 spiro atoms. The molecule has 1 aliphatic rings. The van der Waals surface area contributed by atoms with Crippen molar-refractivity contribution in [1.82, 2.24) is 10.3 Å². The smallest absolute Gasteiger partial charge is 0.100 e. The first-order chi connectivity index (χ1) is 6.92. The summed E-state index contributed by atoms with van der Waals surface area (Å²) in [4.78, 5) is 4.40. The van der Waals surface area contributed by atoms with E-state index in [0.29, 0.717) is 6.04 Å². The van der Waals surface area contributed by atoms with E-state index < -0.39 is 0 Å². The Labute approximate surface area is 89.5 Å². The van der Waals surface area contributed by atoms with Crippen molar-refractivity contribution in [2.75, 3.05) is 12.8 Å². The summed E-state index contributed by atoms with van der Waals surface area (Å²) in [6.07, 6.45) is 7.86. The fourth-order valence-electron chi connectivity index (χ4n) is 1.96. The number of rotatable bonds is 2. The zero-order chi connectivity index (χ0) is 9.80. The zero-order valence-corrected chi connectivity index (χ0v) is 9.31. The first-order valence-corrected chi connectivity index (χ1v) is 6.36. The van der Waals surface area contributed by atoms with Crippen molar-refractivity contribution in [2.45, 2.75) is 30.3 Å². The van der Waals surface area contributed by atoms with Crippen LogP contribution in [0.15, 0.2) is 23.4 Å². The molecule has 0 aliphatic carbocycles. The number of nitrogens with zero attached hydrogens (tertiary/aromatic N) is 1. The van der Waals surface area contributed by atoms with Crippen molar-refractivity contribution in [1.29, 1.82) is 0 Å². The predicted octanol–water partition coefficient (Wildman–Crippen LogP) is 2.62. The molecule has 2 heterocycles. The molecule has 1 aliphatic heterocycles. The fraction of sp³-hybridized carbons (Fsp3) is 0.545. The van der Waals surface area contributed by atoms with Crippen LogP contribution >= 0.6 is 11.8 Å². The maximum Gasteiger partial charge on any atom is 0.100 e. The van der Waals surface area contributed by atoms with Crippen LogP contribution in [0, 0.1) is 0 Å². The fourth-order valence-corrected chi connectivity index (χ4v) is 2.57. The predicted molar refractivity (Wildman–Crippen MR) is 60.6 cm³/mol. The molecule has 0 amide bonds. The van der Waals surface area contributed by atoms with Gasteiger partial charge in [0.15, 0.2) is 0 Å². The standard InChI is InChI=1S/C11H16N2S/c1-14-11-9(5-4-8-13-11)10-6-2-3-7-12-10/h4-5,8,10,12H,2-3,6-7H2,1H3/t10-/m1/s1. The molecule has 0 radical (unpaired) electrons. The Balaban J connectivity index is 2.20. The van der Waals surface area contributed by atoms with Crippen LogP contribution in [0.25, 0.3) is 0 Å². The van der Waals surface area contributed by atoms with Crippen molar-refractivity contribution >= 4 is 11.8 Å². The van der Waals surface area contributed by atoms with Gasteiger partial charge in [-0.2, -0.15) is 0 Å². The van der Waals surface area contributed by atoms with Gasteiger partial charge in [-0.1, -0.05) is 12.5 Å². The highest BCUT2D eigenvalue weighted by molar-refractivity contribution is 7.98. The van der Waals surface area contributed by atoms with Gasteiger partial charge in [0.1, 0.15) is 5.03 Å². The van der Waals surface area contributed by atoms with Crippen molar-refractivity contribution in [3.63, 3.8) is 0 Å². The molecule has 1 aromatic rings. The highest BCUT2D eigenvalue weighted by Crippen LogP contribution is 2.28. The van der Waals surface area contributed by atoms with E-state index in [1.165, 1.54) is 29.9 Å². The van der Waals surface area contributed by atoms with Crippen LogP contribution in [0.1, 0.15) is 30.9 Å². The van der Waals surface area contributed by atoms with E-state index in [2.05, 4.69) is 22.6 Å². The molecule has 3 heteroatoms. The van der Waals surface area contributed by atoms with E-state index in [9.17, 15) is 0 Å². The lowest BCUT2D eigenvalue weighted by Gasteiger charge is -2.24. The number of nitrogens with one attached hydrogen (secondary N) is 1. The Hall–Kier alpha value is -0.540. The molecule has 0 aromatic carbocycles. The summed E-state index contributed by atoms with van der Waals surface area (Å²) in [6.45, 7) is 1.15. The summed E-state index contributed by atoms with van der Waals surface area (Å²) in [5, 5.41) is 4.73. The minimum atomic E-state index is 0.528. The molecule has 0 saturated carbocycles. The van der Waals surface area contributed by atoms with Crippen LogP contribution in [0.2, 0.25) is 0 Å². The maximum absolute atomic E-state index is 4.40. The van der Waals surface area contributed by atoms with Gasteiger partial charge in [-0.05, 0) is 31.7 Å². The summed E-state index contributed by atoms with van der Waals surface area (Å²) in [5.41, 5.74) is 1.37. The van der Waals surface area contributed by atoms with Gasteiger partial charge in [0.2, 0.25) is 0 Å². The van der Waals surface area contributed by atoms with Gasteiger partial charge in [0, 0.05) is 17.8 Å². The average Bonchev–Trinajstić information content (AvgIpc) is 2.30. The van der Waals surface area contributed by atoms with Crippen LogP contribution < -0.4 is 5.32 Å². The molecular formula is C11H16N2S. The summed E-state index contributed by atoms with van der Waals surface area (Å²) in [5.74, 6) is 0. The normalized spacial score (nSPS) is 22.2. The second-order valence-electron chi connectivity index (χ2n) is 3.60. The Morgan fingerprint density at radius 1 is 1.50 bits per heavy atom. The minimum absolute atomic E-state index is 0.528. The van der Waals surface area contributed by atoms with Crippen molar-refractivity contribution in [2.24, 2.45) is 0 Å². The number of hydrogen-bond acceptors (Lipinski definition) is 3. The number of aromatic nitrogens is 1. The number of thioether (sulfide) groups is 1. The van der Waals surface area contributed by atoms with Gasteiger partial charge in [0.25, 0.3) is 0 Å². The molecule has 0 unspecified atom stereocenters. The molecular weight excluding hydrogens is 192 g/mol. The van der Waals surface area contributed by atoms with Crippen LogP contribution in [0.5, 0.6) is 0 Å². The topological polar surface area (TPSA) is 24.9 Å². The first-order valence-electron chi connectivity index (χ1n) is 5.14. The maximum atomic E-state index is 4.40. The molecule has 14 heavy (non-hydrogen) atoms. The summed E-state index contributed by atoms with van der Waals surface area (Å²) < 4.78 is 0. The van der Waals surface area contributed by atoms with E-state index in [1.54, 1.807) is 11.8 Å². The lowest BCUT2D eigenvalue weighted by molar-refractivity contribution is 0.406. The van der Waals surface area contributed by atoms with Crippen molar-refractivity contribution < 1.29 is 0 Å². The van der Waals surface area contributed by atoms with Gasteiger partial charge in [0.05, 0.1) is 0 Å². The molecule has 1 saturated heterocycles. The molecule has 0 bridgehead atoms. The average molecular weight is 208 g/mol. The lowest BCUT2D eigenvalue weighted by Crippen LogP contribution is -2.27.